The highest BCUT2D eigenvalue weighted by molar-refractivity contribution is 4.96. The smallest absolute Gasteiger partial charge is 0.154 e. The van der Waals surface area contributed by atoms with Gasteiger partial charge < -0.3 is 39.6 Å². The fourth-order valence-electron chi connectivity index (χ4n) is 2.95. The zero-order valence-electron chi connectivity index (χ0n) is 16.8. The summed E-state index contributed by atoms with van der Waals surface area (Å²) in [6.07, 6.45) is 0.0478. The van der Waals surface area contributed by atoms with Gasteiger partial charge in [0.1, 0.15) is 12.2 Å². The van der Waals surface area contributed by atoms with Gasteiger partial charge in [0.25, 0.3) is 0 Å². The molecule has 0 fully saturated rings. The number of hydrogen-bond acceptors (Lipinski definition) is 7. The van der Waals surface area contributed by atoms with Crippen LogP contribution in [0.4, 0.5) is 0 Å². The molecule has 8 heteroatoms. The summed E-state index contributed by atoms with van der Waals surface area (Å²) in [5.41, 5.74) is 3.92. The first-order chi connectivity index (χ1) is 11.5. The van der Waals surface area contributed by atoms with Crippen LogP contribution in [-0.2, 0) is 28.4 Å². The van der Waals surface area contributed by atoms with E-state index in [1.54, 1.807) is 21.3 Å². The van der Waals surface area contributed by atoms with Crippen LogP contribution in [-0.4, -0.2) is 90.3 Å². The highest BCUT2D eigenvalue weighted by Gasteiger charge is 2.49. The molecule has 0 rings (SSSR count). The maximum Gasteiger partial charge on any atom is 0.154 e. The normalized spacial score (nSPS) is 17.4. The predicted octanol–water partition coefficient (Wildman–Crippen LogP) is 0.335. The monoisotopic (exact) mass is 369 g/mol. The van der Waals surface area contributed by atoms with Crippen LogP contribution in [0.15, 0.2) is 0 Å². The van der Waals surface area contributed by atoms with Gasteiger partial charge in [-0.3, -0.25) is 0 Å². The molecule has 0 heterocycles. The predicted molar refractivity (Wildman–Crippen MR) is 94.0 cm³/mol. The van der Waals surface area contributed by atoms with E-state index < -0.39 is 5.54 Å². The molecule has 0 spiro atoms. The minimum Gasteiger partial charge on any atom is -0.870 e. The Kier molecular flexibility index (Phi) is 17.1. The first kappa shape index (κ1) is 26.9. The van der Waals surface area contributed by atoms with Gasteiger partial charge in [-0.15, -0.1) is 0 Å². The van der Waals surface area contributed by atoms with Crippen LogP contribution < -0.4 is 5.73 Å². The lowest BCUT2D eigenvalue weighted by Crippen LogP contribution is -2.85. The van der Waals surface area contributed by atoms with Crippen molar-refractivity contribution >= 4 is 0 Å². The van der Waals surface area contributed by atoms with Crippen molar-refractivity contribution in [2.24, 2.45) is 0 Å². The van der Waals surface area contributed by atoms with Crippen LogP contribution in [0, 0.1) is 0 Å². The number of quaternary nitrogens is 1. The van der Waals surface area contributed by atoms with E-state index in [-0.39, 0.29) is 23.8 Å². The van der Waals surface area contributed by atoms with Crippen molar-refractivity contribution in [1.29, 1.82) is 0 Å². The van der Waals surface area contributed by atoms with Gasteiger partial charge >= 0.3 is 0 Å². The molecule has 25 heavy (non-hydrogen) atoms. The standard InChI is InChI=1S/C17H37NO6.H2O/c1-7-22-14(11-19-4)10-17(18,15(12-20-5)23-8-2)16(13-21-6)24-9-3;/h14-16H,7-13,18H2,1-6H3;1H2. The van der Waals surface area contributed by atoms with Crippen LogP contribution in [0.1, 0.15) is 27.2 Å². The van der Waals surface area contributed by atoms with Gasteiger partial charge in [0.05, 0.1) is 25.9 Å². The molecule has 0 aromatic heterocycles. The van der Waals surface area contributed by atoms with Crippen molar-refractivity contribution in [2.45, 2.75) is 51.0 Å². The van der Waals surface area contributed by atoms with E-state index in [0.717, 1.165) is 0 Å². The molecule has 0 aliphatic rings. The van der Waals surface area contributed by atoms with Gasteiger partial charge in [-0.1, -0.05) is 0 Å². The fraction of sp³-hybridized carbons (Fsp3) is 1.00. The van der Waals surface area contributed by atoms with Crippen LogP contribution in [0.2, 0.25) is 0 Å². The summed E-state index contributed by atoms with van der Waals surface area (Å²) in [6, 6.07) is 0. The largest absolute Gasteiger partial charge is 0.870 e. The van der Waals surface area contributed by atoms with Crippen molar-refractivity contribution < 1.29 is 39.6 Å². The Morgan fingerprint density at radius 2 is 1.12 bits per heavy atom. The molecule has 154 valence electrons. The first-order valence-corrected chi connectivity index (χ1v) is 8.70. The number of hydrogen-bond donors (Lipinski definition) is 1. The second-order valence-corrected chi connectivity index (χ2v) is 5.77. The summed E-state index contributed by atoms with van der Waals surface area (Å²) in [4.78, 5) is 0. The molecular formula is C17H39NO7. The SMILES string of the molecule is CCOC(COC)CC([NH3+])(C(COC)OCC)C(COC)OCC.[OH-]. The minimum absolute atomic E-state index is 0. The summed E-state index contributed by atoms with van der Waals surface area (Å²) in [7, 11) is 4.99. The molecule has 0 aromatic rings. The minimum atomic E-state index is -0.587. The zero-order valence-corrected chi connectivity index (χ0v) is 16.8. The Hall–Kier alpha value is -0.320. The summed E-state index contributed by atoms with van der Waals surface area (Å²) < 4.78 is 33.8. The van der Waals surface area contributed by atoms with Gasteiger partial charge in [-0.05, 0) is 20.8 Å². The van der Waals surface area contributed by atoms with Crippen molar-refractivity contribution in [2.75, 3.05) is 61.0 Å². The Morgan fingerprint density at radius 1 is 0.720 bits per heavy atom. The average molecular weight is 369 g/mol. The lowest BCUT2D eigenvalue weighted by Gasteiger charge is -2.40. The molecule has 0 bridgehead atoms. The molecule has 0 amide bonds. The highest BCUT2D eigenvalue weighted by Crippen LogP contribution is 2.25. The number of rotatable bonds is 16. The Labute approximate surface area is 152 Å². The molecule has 0 saturated carbocycles. The van der Waals surface area contributed by atoms with E-state index in [1.165, 1.54) is 0 Å². The van der Waals surface area contributed by atoms with Crippen LogP contribution in [0.25, 0.3) is 0 Å². The van der Waals surface area contributed by atoms with E-state index in [1.807, 2.05) is 20.8 Å². The van der Waals surface area contributed by atoms with Gasteiger partial charge in [0, 0.05) is 47.6 Å². The Bertz CT molecular complexity index is 260. The molecule has 3 unspecified atom stereocenters. The summed E-state index contributed by atoms with van der Waals surface area (Å²) in [6.45, 7) is 8.99. The van der Waals surface area contributed by atoms with Crippen molar-refractivity contribution in [3.05, 3.63) is 0 Å². The lowest BCUT2D eigenvalue weighted by atomic mass is 9.81. The number of ether oxygens (including phenoxy) is 6. The second kappa shape index (κ2) is 15.9. The topological polar surface area (TPSA) is 113 Å². The fourth-order valence-corrected chi connectivity index (χ4v) is 2.95. The quantitative estimate of drug-likeness (QED) is 0.417. The molecule has 0 radical (unpaired) electrons. The number of methoxy groups -OCH3 is 3. The van der Waals surface area contributed by atoms with E-state index >= 15 is 0 Å². The molecule has 3 atom stereocenters. The van der Waals surface area contributed by atoms with Crippen LogP contribution in [0.5, 0.6) is 0 Å². The van der Waals surface area contributed by atoms with Crippen molar-refractivity contribution in [3.8, 4) is 0 Å². The van der Waals surface area contributed by atoms with Gasteiger partial charge in [-0.2, -0.15) is 0 Å². The third-order valence-electron chi connectivity index (χ3n) is 4.02. The van der Waals surface area contributed by atoms with Crippen LogP contribution >= 0.6 is 0 Å². The maximum absolute atomic E-state index is 5.96. The molecular weight excluding hydrogens is 330 g/mol. The van der Waals surface area contributed by atoms with E-state index in [2.05, 4.69) is 5.73 Å². The third kappa shape index (κ3) is 9.25. The van der Waals surface area contributed by atoms with Gasteiger partial charge in [0.15, 0.2) is 5.54 Å². The van der Waals surface area contributed by atoms with E-state index in [9.17, 15) is 0 Å². The van der Waals surface area contributed by atoms with E-state index in [0.29, 0.717) is 46.1 Å². The molecule has 4 N–H and O–H groups in total. The molecule has 0 aromatic carbocycles. The van der Waals surface area contributed by atoms with E-state index in [4.69, 9.17) is 28.4 Å². The summed E-state index contributed by atoms with van der Waals surface area (Å²) >= 11 is 0. The van der Waals surface area contributed by atoms with Gasteiger partial charge in [0.2, 0.25) is 0 Å². The Balaban J connectivity index is 0. The van der Waals surface area contributed by atoms with Crippen molar-refractivity contribution in [1.82, 2.24) is 0 Å². The third-order valence-corrected chi connectivity index (χ3v) is 4.02. The molecule has 0 aliphatic heterocycles. The molecule has 0 aliphatic carbocycles. The van der Waals surface area contributed by atoms with Crippen molar-refractivity contribution in [3.63, 3.8) is 0 Å². The summed E-state index contributed by atoms with van der Waals surface area (Å²) in [5.74, 6) is 0. The van der Waals surface area contributed by atoms with Crippen LogP contribution in [0.3, 0.4) is 0 Å². The summed E-state index contributed by atoms with van der Waals surface area (Å²) in [5, 5.41) is 0. The molecule has 8 nitrogen and oxygen atoms in total. The van der Waals surface area contributed by atoms with Gasteiger partial charge in [-0.25, -0.2) is 0 Å². The molecule has 0 saturated heterocycles. The maximum atomic E-state index is 5.96. The highest BCUT2D eigenvalue weighted by atomic mass is 16.5. The second-order valence-electron chi connectivity index (χ2n) is 5.77. The lowest BCUT2D eigenvalue weighted by molar-refractivity contribution is -0.525. The Morgan fingerprint density at radius 3 is 1.44 bits per heavy atom. The zero-order chi connectivity index (χ0) is 18.4. The average Bonchev–Trinajstić information content (AvgIpc) is 2.55. The first-order valence-electron chi connectivity index (χ1n) is 8.70.